The van der Waals surface area contributed by atoms with Gasteiger partial charge in [-0.2, -0.15) is 0 Å². The van der Waals surface area contributed by atoms with E-state index in [4.69, 9.17) is 11.6 Å². The van der Waals surface area contributed by atoms with Crippen molar-refractivity contribution in [1.29, 1.82) is 0 Å². The number of sulfonamides is 1. The Morgan fingerprint density at radius 2 is 1.80 bits per heavy atom. The third-order valence-corrected chi connectivity index (χ3v) is 5.00. The molecule has 0 fully saturated rings. The van der Waals surface area contributed by atoms with Gasteiger partial charge in [-0.3, -0.25) is 4.72 Å². The summed E-state index contributed by atoms with van der Waals surface area (Å²) in [5.41, 5.74) is 0.104. The molecule has 3 nitrogen and oxygen atoms in total. The highest BCUT2D eigenvalue weighted by molar-refractivity contribution is 9.10. The fraction of sp³-hybridized carbons (Fsp3) is 0. The normalized spacial score (nSPS) is 11.4. The molecule has 8 heteroatoms. The van der Waals surface area contributed by atoms with Crippen LogP contribution in [0.15, 0.2) is 45.8 Å². The van der Waals surface area contributed by atoms with Crippen molar-refractivity contribution in [3.05, 3.63) is 57.5 Å². The van der Waals surface area contributed by atoms with Crippen molar-refractivity contribution >= 4 is 43.2 Å². The van der Waals surface area contributed by atoms with E-state index in [0.717, 1.165) is 30.3 Å². The van der Waals surface area contributed by atoms with Crippen LogP contribution in [-0.4, -0.2) is 8.42 Å². The fourth-order valence-electron chi connectivity index (χ4n) is 1.46. The molecule has 2 aromatic rings. The number of halogens is 4. The zero-order valence-corrected chi connectivity index (χ0v) is 12.9. The van der Waals surface area contributed by atoms with E-state index >= 15 is 0 Å². The van der Waals surface area contributed by atoms with Gasteiger partial charge in [-0.1, -0.05) is 11.6 Å². The van der Waals surface area contributed by atoms with E-state index < -0.39 is 21.7 Å². The molecule has 1 N–H and O–H groups in total. The first-order valence-electron chi connectivity index (χ1n) is 5.22. The number of anilines is 1. The van der Waals surface area contributed by atoms with Crippen LogP contribution in [0, 0.1) is 11.6 Å². The van der Waals surface area contributed by atoms with Gasteiger partial charge in [0.05, 0.1) is 10.7 Å². The Balaban J connectivity index is 2.38. The molecule has 0 unspecified atom stereocenters. The van der Waals surface area contributed by atoms with Gasteiger partial charge < -0.3 is 0 Å². The SMILES string of the molecule is O=S(=O)(Nc1ccc(F)c(Cl)c1)c1ccc(F)cc1Br. The summed E-state index contributed by atoms with van der Waals surface area (Å²) in [6, 6.07) is 6.60. The monoisotopic (exact) mass is 381 g/mol. The second kappa shape index (κ2) is 5.67. The Kier molecular flexibility index (Phi) is 4.31. The van der Waals surface area contributed by atoms with Crippen molar-refractivity contribution in [3.63, 3.8) is 0 Å². The van der Waals surface area contributed by atoms with Gasteiger partial charge in [0.25, 0.3) is 10.0 Å². The molecule has 0 radical (unpaired) electrons. The molecule has 20 heavy (non-hydrogen) atoms. The van der Waals surface area contributed by atoms with Gasteiger partial charge in [-0.25, -0.2) is 17.2 Å². The smallest absolute Gasteiger partial charge is 0.263 e. The average molecular weight is 383 g/mol. The van der Waals surface area contributed by atoms with Crippen LogP contribution >= 0.6 is 27.5 Å². The molecule has 0 heterocycles. The van der Waals surface area contributed by atoms with Crippen LogP contribution < -0.4 is 4.72 Å². The lowest BCUT2D eigenvalue weighted by Crippen LogP contribution is -2.13. The van der Waals surface area contributed by atoms with Crippen molar-refractivity contribution in [1.82, 2.24) is 0 Å². The topological polar surface area (TPSA) is 46.2 Å². The summed E-state index contributed by atoms with van der Waals surface area (Å²) in [7, 11) is -3.94. The average Bonchev–Trinajstić information content (AvgIpc) is 2.33. The Morgan fingerprint density at radius 1 is 1.10 bits per heavy atom. The molecule has 0 aromatic heterocycles. The van der Waals surface area contributed by atoms with Gasteiger partial charge in [0, 0.05) is 4.47 Å². The van der Waals surface area contributed by atoms with Gasteiger partial charge in [-0.05, 0) is 52.3 Å². The lowest BCUT2D eigenvalue weighted by molar-refractivity contribution is 0.598. The van der Waals surface area contributed by atoms with Crippen LogP contribution in [0.4, 0.5) is 14.5 Å². The van der Waals surface area contributed by atoms with Crippen LogP contribution in [-0.2, 0) is 10.0 Å². The predicted molar refractivity (Wildman–Crippen MR) is 76.3 cm³/mol. The minimum atomic E-state index is -3.94. The number of benzene rings is 2. The molecule has 106 valence electrons. The van der Waals surface area contributed by atoms with Crippen LogP contribution in [0.2, 0.25) is 5.02 Å². The van der Waals surface area contributed by atoms with Gasteiger partial charge in [-0.15, -0.1) is 0 Å². The lowest BCUT2D eigenvalue weighted by atomic mass is 10.3. The highest BCUT2D eigenvalue weighted by Gasteiger charge is 2.18. The summed E-state index contributed by atoms with van der Waals surface area (Å²) < 4.78 is 52.5. The van der Waals surface area contributed by atoms with Crippen molar-refractivity contribution in [2.24, 2.45) is 0 Å². The summed E-state index contributed by atoms with van der Waals surface area (Å²) in [6.07, 6.45) is 0. The van der Waals surface area contributed by atoms with Gasteiger partial charge >= 0.3 is 0 Å². The van der Waals surface area contributed by atoms with E-state index in [0.29, 0.717) is 0 Å². The van der Waals surface area contributed by atoms with E-state index in [2.05, 4.69) is 20.7 Å². The second-order valence-electron chi connectivity index (χ2n) is 3.81. The maximum Gasteiger partial charge on any atom is 0.263 e. The number of nitrogens with one attached hydrogen (secondary N) is 1. The van der Waals surface area contributed by atoms with Crippen molar-refractivity contribution < 1.29 is 17.2 Å². The second-order valence-corrected chi connectivity index (χ2v) is 6.72. The third-order valence-electron chi connectivity index (χ3n) is 2.36. The van der Waals surface area contributed by atoms with Crippen LogP contribution in [0.5, 0.6) is 0 Å². The minimum Gasteiger partial charge on any atom is -0.280 e. The highest BCUT2D eigenvalue weighted by atomic mass is 79.9. The molecule has 0 saturated carbocycles. The predicted octanol–water partition coefficient (Wildman–Crippen LogP) is 4.18. The van der Waals surface area contributed by atoms with E-state index in [1.165, 1.54) is 6.07 Å². The molecule has 0 aliphatic heterocycles. The van der Waals surface area contributed by atoms with Crippen molar-refractivity contribution in [3.8, 4) is 0 Å². The molecule has 0 bridgehead atoms. The van der Waals surface area contributed by atoms with E-state index in [1.807, 2.05) is 0 Å². The Morgan fingerprint density at radius 3 is 2.40 bits per heavy atom. The van der Waals surface area contributed by atoms with Gasteiger partial charge in [0.2, 0.25) is 0 Å². The quantitative estimate of drug-likeness (QED) is 0.865. The summed E-state index contributed by atoms with van der Waals surface area (Å²) in [6.45, 7) is 0. The highest BCUT2D eigenvalue weighted by Crippen LogP contribution is 2.26. The zero-order chi connectivity index (χ0) is 14.9. The number of rotatable bonds is 3. The standard InChI is InChI=1S/C12H7BrClF2NO2S/c13-9-5-7(15)1-4-12(9)20(18,19)17-8-2-3-11(16)10(14)6-8/h1-6,17H. The Labute approximate surface area is 127 Å². The number of hydrogen-bond donors (Lipinski definition) is 1. The summed E-state index contributed by atoms with van der Waals surface area (Å²) >= 11 is 8.55. The Hall–Kier alpha value is -1.18. The third kappa shape index (κ3) is 3.28. The van der Waals surface area contributed by atoms with Gasteiger partial charge in [0.15, 0.2) is 0 Å². The first-order chi connectivity index (χ1) is 9.29. The van der Waals surface area contributed by atoms with E-state index in [9.17, 15) is 17.2 Å². The maximum absolute atomic E-state index is 13.0. The van der Waals surface area contributed by atoms with Crippen molar-refractivity contribution in [2.45, 2.75) is 4.90 Å². The Bertz CT molecular complexity index is 768. The minimum absolute atomic E-state index is 0.0817. The summed E-state index contributed by atoms with van der Waals surface area (Å²) in [5.74, 6) is -1.22. The molecule has 2 rings (SSSR count). The van der Waals surface area contributed by atoms with Crippen LogP contribution in [0.3, 0.4) is 0 Å². The zero-order valence-electron chi connectivity index (χ0n) is 9.70. The first-order valence-corrected chi connectivity index (χ1v) is 7.88. The molecule has 0 spiro atoms. The van der Waals surface area contributed by atoms with Crippen molar-refractivity contribution in [2.75, 3.05) is 4.72 Å². The molecule has 2 aromatic carbocycles. The van der Waals surface area contributed by atoms with E-state index in [1.54, 1.807) is 0 Å². The maximum atomic E-state index is 13.0. The fourth-order valence-corrected chi connectivity index (χ4v) is 3.74. The lowest BCUT2D eigenvalue weighted by Gasteiger charge is -2.10. The van der Waals surface area contributed by atoms with Gasteiger partial charge in [0.1, 0.15) is 16.5 Å². The molecule has 0 atom stereocenters. The summed E-state index contributed by atoms with van der Waals surface area (Å²) in [4.78, 5) is -0.139. The largest absolute Gasteiger partial charge is 0.280 e. The molecule has 0 saturated heterocycles. The summed E-state index contributed by atoms with van der Waals surface area (Å²) in [5, 5.41) is -0.205. The van der Waals surface area contributed by atoms with Crippen LogP contribution in [0.1, 0.15) is 0 Å². The molecule has 0 amide bonds. The molecular formula is C12H7BrClF2NO2S. The van der Waals surface area contributed by atoms with E-state index in [-0.39, 0.29) is 20.1 Å². The van der Waals surface area contributed by atoms with Crippen LogP contribution in [0.25, 0.3) is 0 Å². The first kappa shape index (κ1) is 15.2. The molecule has 0 aliphatic rings. The number of hydrogen-bond acceptors (Lipinski definition) is 2. The molecular weight excluding hydrogens is 376 g/mol. The molecule has 0 aliphatic carbocycles.